The van der Waals surface area contributed by atoms with Gasteiger partial charge in [-0.15, -0.1) is 0 Å². The Labute approximate surface area is 133 Å². The molecule has 1 aromatic rings. The van der Waals surface area contributed by atoms with Crippen molar-refractivity contribution in [3.63, 3.8) is 0 Å². The van der Waals surface area contributed by atoms with Crippen molar-refractivity contribution in [3.05, 3.63) is 35.9 Å². The second kappa shape index (κ2) is 7.63. The molecule has 22 heavy (non-hydrogen) atoms. The zero-order valence-corrected chi connectivity index (χ0v) is 13.8. The van der Waals surface area contributed by atoms with Gasteiger partial charge < -0.3 is 10.5 Å². The zero-order chi connectivity index (χ0) is 16.0. The molecule has 1 heterocycles. The van der Waals surface area contributed by atoms with Gasteiger partial charge in [0.15, 0.2) is 0 Å². The van der Waals surface area contributed by atoms with Gasteiger partial charge in [0.1, 0.15) is 0 Å². The maximum Gasteiger partial charge on any atom is 0.404 e. The second-order valence-corrected chi connectivity index (χ2v) is 6.97. The first kappa shape index (κ1) is 16.8. The normalized spacial score (nSPS) is 18.3. The highest BCUT2D eigenvalue weighted by molar-refractivity contribution is 5.64. The summed E-state index contributed by atoms with van der Waals surface area (Å²) in [4.78, 5) is 13.4. The van der Waals surface area contributed by atoms with E-state index in [1.807, 2.05) is 0 Å². The number of primary amides is 1. The highest BCUT2D eigenvalue weighted by Crippen LogP contribution is 2.38. The SMILES string of the molecule is CC(C)CC1(COC(N)=O)CCN(Cc2ccccc2)CC1. The van der Waals surface area contributed by atoms with Gasteiger partial charge in [-0.1, -0.05) is 44.2 Å². The summed E-state index contributed by atoms with van der Waals surface area (Å²) in [5.41, 5.74) is 6.60. The smallest absolute Gasteiger partial charge is 0.404 e. The Bertz CT molecular complexity index is 465. The predicted octanol–water partition coefficient (Wildman–Crippen LogP) is 3.41. The molecular weight excluding hydrogens is 276 g/mol. The molecule has 2 N–H and O–H groups in total. The lowest BCUT2D eigenvalue weighted by molar-refractivity contribution is 0.0163. The van der Waals surface area contributed by atoms with Crippen LogP contribution in [0.15, 0.2) is 30.3 Å². The molecule has 0 aliphatic carbocycles. The van der Waals surface area contributed by atoms with Crippen LogP contribution in [0.1, 0.15) is 38.7 Å². The van der Waals surface area contributed by atoms with Crippen molar-refractivity contribution in [2.75, 3.05) is 19.7 Å². The minimum Gasteiger partial charge on any atom is -0.449 e. The summed E-state index contributed by atoms with van der Waals surface area (Å²) in [5, 5.41) is 0. The Hall–Kier alpha value is -1.55. The molecule has 1 fully saturated rings. The van der Waals surface area contributed by atoms with Gasteiger partial charge in [-0.25, -0.2) is 4.79 Å². The fraction of sp³-hybridized carbons (Fsp3) is 0.611. The van der Waals surface area contributed by atoms with Crippen LogP contribution in [-0.2, 0) is 11.3 Å². The van der Waals surface area contributed by atoms with Crippen molar-refractivity contribution < 1.29 is 9.53 Å². The van der Waals surface area contributed by atoms with Crippen LogP contribution in [0.3, 0.4) is 0 Å². The van der Waals surface area contributed by atoms with Gasteiger partial charge in [-0.2, -0.15) is 0 Å². The van der Waals surface area contributed by atoms with Crippen LogP contribution in [0.5, 0.6) is 0 Å². The van der Waals surface area contributed by atoms with E-state index in [0.717, 1.165) is 38.9 Å². The van der Waals surface area contributed by atoms with E-state index < -0.39 is 6.09 Å². The molecule has 2 rings (SSSR count). The predicted molar refractivity (Wildman–Crippen MR) is 88.4 cm³/mol. The van der Waals surface area contributed by atoms with Crippen LogP contribution in [0.2, 0.25) is 0 Å². The number of ether oxygens (including phenoxy) is 1. The third kappa shape index (κ3) is 5.02. The van der Waals surface area contributed by atoms with E-state index in [9.17, 15) is 4.79 Å². The topological polar surface area (TPSA) is 55.6 Å². The van der Waals surface area contributed by atoms with Crippen LogP contribution in [0, 0.1) is 11.3 Å². The number of amides is 1. The Kier molecular flexibility index (Phi) is 5.83. The molecule has 0 aromatic heterocycles. The summed E-state index contributed by atoms with van der Waals surface area (Å²) in [7, 11) is 0. The van der Waals surface area contributed by atoms with Crippen LogP contribution in [0.4, 0.5) is 4.79 Å². The van der Waals surface area contributed by atoms with E-state index >= 15 is 0 Å². The van der Waals surface area contributed by atoms with Gasteiger partial charge in [0.25, 0.3) is 0 Å². The van der Waals surface area contributed by atoms with E-state index in [-0.39, 0.29) is 5.41 Å². The van der Waals surface area contributed by atoms with E-state index in [2.05, 4.69) is 49.1 Å². The van der Waals surface area contributed by atoms with E-state index in [4.69, 9.17) is 10.5 Å². The fourth-order valence-corrected chi connectivity index (χ4v) is 3.52. The van der Waals surface area contributed by atoms with Crippen LogP contribution in [-0.4, -0.2) is 30.7 Å². The number of hydrogen-bond donors (Lipinski definition) is 1. The van der Waals surface area contributed by atoms with Crippen molar-refractivity contribution >= 4 is 6.09 Å². The number of hydrogen-bond acceptors (Lipinski definition) is 3. The average molecular weight is 304 g/mol. The first-order valence-corrected chi connectivity index (χ1v) is 8.18. The third-order valence-electron chi connectivity index (χ3n) is 4.53. The Balaban J connectivity index is 1.91. The quantitative estimate of drug-likeness (QED) is 0.876. The van der Waals surface area contributed by atoms with Crippen molar-refractivity contribution in [1.82, 2.24) is 4.90 Å². The number of likely N-dealkylation sites (tertiary alicyclic amines) is 1. The molecule has 0 bridgehead atoms. The monoisotopic (exact) mass is 304 g/mol. The molecule has 0 saturated carbocycles. The van der Waals surface area contributed by atoms with Gasteiger partial charge in [0.05, 0.1) is 6.61 Å². The molecule has 4 heteroatoms. The molecule has 1 amide bonds. The minimum atomic E-state index is -0.658. The van der Waals surface area contributed by atoms with Crippen molar-refractivity contribution in [1.29, 1.82) is 0 Å². The minimum absolute atomic E-state index is 0.0936. The molecule has 0 atom stereocenters. The standard InChI is InChI=1S/C18H28N2O2/c1-15(2)12-18(14-22-17(19)21)8-10-20(11-9-18)13-16-6-4-3-5-7-16/h3-7,15H,8-14H2,1-2H3,(H2,19,21). The summed E-state index contributed by atoms with van der Waals surface area (Å²) in [6, 6.07) is 10.6. The lowest BCUT2D eigenvalue weighted by Crippen LogP contribution is -2.43. The first-order valence-electron chi connectivity index (χ1n) is 8.18. The van der Waals surface area contributed by atoms with Crippen molar-refractivity contribution in [2.24, 2.45) is 17.1 Å². The zero-order valence-electron chi connectivity index (χ0n) is 13.8. The van der Waals surface area contributed by atoms with Gasteiger partial charge in [-0.3, -0.25) is 4.90 Å². The summed E-state index contributed by atoms with van der Waals surface area (Å²) >= 11 is 0. The molecule has 0 radical (unpaired) electrons. The van der Waals surface area contributed by atoms with Gasteiger partial charge >= 0.3 is 6.09 Å². The Morgan fingerprint density at radius 1 is 1.27 bits per heavy atom. The number of nitrogens with zero attached hydrogens (tertiary/aromatic N) is 1. The van der Waals surface area contributed by atoms with Crippen molar-refractivity contribution in [3.8, 4) is 0 Å². The largest absolute Gasteiger partial charge is 0.449 e. The molecule has 1 aliphatic rings. The van der Waals surface area contributed by atoms with Crippen LogP contribution < -0.4 is 5.73 Å². The molecular formula is C18H28N2O2. The summed E-state index contributed by atoms with van der Waals surface area (Å²) < 4.78 is 5.16. The summed E-state index contributed by atoms with van der Waals surface area (Å²) in [5.74, 6) is 0.595. The lowest BCUT2D eigenvalue weighted by atomic mass is 9.73. The van der Waals surface area contributed by atoms with E-state index in [1.165, 1.54) is 5.56 Å². The molecule has 0 spiro atoms. The fourth-order valence-electron chi connectivity index (χ4n) is 3.52. The highest BCUT2D eigenvalue weighted by Gasteiger charge is 2.36. The molecule has 1 aromatic carbocycles. The second-order valence-electron chi connectivity index (χ2n) is 6.97. The summed E-state index contributed by atoms with van der Waals surface area (Å²) in [6.45, 7) is 7.99. The lowest BCUT2D eigenvalue weighted by Gasteiger charge is -2.42. The number of rotatable bonds is 6. The molecule has 122 valence electrons. The summed E-state index contributed by atoms with van der Waals surface area (Å²) in [6.07, 6.45) is 2.55. The van der Waals surface area contributed by atoms with Gasteiger partial charge in [0.2, 0.25) is 0 Å². The van der Waals surface area contributed by atoms with E-state index in [0.29, 0.717) is 12.5 Å². The Morgan fingerprint density at radius 3 is 2.45 bits per heavy atom. The molecule has 1 saturated heterocycles. The van der Waals surface area contributed by atoms with Crippen molar-refractivity contribution in [2.45, 2.75) is 39.7 Å². The van der Waals surface area contributed by atoms with Gasteiger partial charge in [-0.05, 0) is 43.8 Å². The molecule has 0 unspecified atom stereocenters. The number of carbonyl (C=O) groups is 1. The Morgan fingerprint density at radius 2 is 1.91 bits per heavy atom. The number of benzene rings is 1. The highest BCUT2D eigenvalue weighted by atomic mass is 16.5. The maximum atomic E-state index is 11.0. The maximum absolute atomic E-state index is 11.0. The van der Waals surface area contributed by atoms with Gasteiger partial charge in [0, 0.05) is 12.0 Å². The van der Waals surface area contributed by atoms with Crippen LogP contribution in [0.25, 0.3) is 0 Å². The molecule has 1 aliphatic heterocycles. The first-order chi connectivity index (χ1) is 10.5. The third-order valence-corrected chi connectivity index (χ3v) is 4.53. The average Bonchev–Trinajstić information content (AvgIpc) is 2.48. The molecule has 4 nitrogen and oxygen atoms in total. The number of nitrogens with two attached hydrogens (primary N) is 1. The van der Waals surface area contributed by atoms with Crippen LogP contribution >= 0.6 is 0 Å². The number of carbonyl (C=O) groups excluding carboxylic acids is 1. The number of piperidine rings is 1. The van der Waals surface area contributed by atoms with E-state index in [1.54, 1.807) is 0 Å².